The third-order valence-corrected chi connectivity index (χ3v) is 9.35. The van der Waals surface area contributed by atoms with Crippen LogP contribution in [0.15, 0.2) is 97.2 Å². The largest absolute Gasteiger partial charge is 0.462 e. The molecule has 0 aliphatic carbocycles. The molecule has 1 atom stereocenters. The number of hydrogen-bond donors (Lipinski definition) is 0. The van der Waals surface area contributed by atoms with Crippen LogP contribution in [0.25, 0.3) is 0 Å². The Morgan fingerprint density at radius 1 is 0.362 bits per heavy atom. The van der Waals surface area contributed by atoms with Crippen molar-refractivity contribution in [1.29, 1.82) is 0 Å². The zero-order valence-electron chi connectivity index (χ0n) is 37.3. The van der Waals surface area contributed by atoms with Crippen molar-refractivity contribution in [3.63, 3.8) is 0 Å². The van der Waals surface area contributed by atoms with Crippen LogP contribution in [-0.2, 0) is 28.6 Å². The molecule has 1 unspecified atom stereocenters. The quantitative estimate of drug-likeness (QED) is 0.0266. The summed E-state index contributed by atoms with van der Waals surface area (Å²) in [6, 6.07) is 0. The lowest BCUT2D eigenvalue weighted by Gasteiger charge is -2.18. The topological polar surface area (TPSA) is 78.9 Å². The molecule has 0 saturated carbocycles. The Balaban J connectivity index is 4.19. The minimum atomic E-state index is -0.787. The highest BCUT2D eigenvalue weighted by molar-refractivity contribution is 5.71. The van der Waals surface area contributed by atoms with Crippen molar-refractivity contribution in [1.82, 2.24) is 0 Å². The zero-order valence-corrected chi connectivity index (χ0v) is 37.3. The molecule has 0 amide bonds. The first kappa shape index (κ1) is 54.3. The Hall–Kier alpha value is -3.67. The molecule has 6 heteroatoms. The van der Waals surface area contributed by atoms with Crippen LogP contribution >= 0.6 is 0 Å². The maximum Gasteiger partial charge on any atom is 0.306 e. The molecule has 0 fully saturated rings. The average molecular weight is 805 g/mol. The van der Waals surface area contributed by atoms with Crippen LogP contribution in [0.4, 0.5) is 0 Å². The summed E-state index contributed by atoms with van der Waals surface area (Å²) < 4.78 is 16.5. The summed E-state index contributed by atoms with van der Waals surface area (Å²) in [7, 11) is 0. The van der Waals surface area contributed by atoms with E-state index in [-0.39, 0.29) is 31.1 Å². The van der Waals surface area contributed by atoms with Gasteiger partial charge < -0.3 is 14.2 Å². The fraction of sp³-hybridized carbons (Fsp3) is 0.635. The minimum absolute atomic E-state index is 0.0919. The predicted octanol–water partition coefficient (Wildman–Crippen LogP) is 15.0. The molecule has 0 aliphatic heterocycles. The van der Waals surface area contributed by atoms with Gasteiger partial charge in [0, 0.05) is 19.3 Å². The molecule has 0 rings (SSSR count). The summed E-state index contributed by atoms with van der Waals surface area (Å²) in [6.45, 7) is 6.35. The van der Waals surface area contributed by atoms with Gasteiger partial charge in [-0.25, -0.2) is 0 Å². The van der Waals surface area contributed by atoms with Gasteiger partial charge in [-0.15, -0.1) is 0 Å². The first-order chi connectivity index (χ1) is 28.5. The molecule has 0 heterocycles. The number of unbranched alkanes of at least 4 members (excludes halogenated alkanes) is 13. The van der Waals surface area contributed by atoms with E-state index in [1.807, 2.05) is 0 Å². The van der Waals surface area contributed by atoms with Crippen LogP contribution in [0.5, 0.6) is 0 Å². The van der Waals surface area contributed by atoms with Gasteiger partial charge in [-0.3, -0.25) is 14.4 Å². The first-order valence-electron chi connectivity index (χ1n) is 23.2. The van der Waals surface area contributed by atoms with Crippen molar-refractivity contribution in [2.75, 3.05) is 13.2 Å². The summed E-state index contributed by atoms with van der Waals surface area (Å²) in [5.41, 5.74) is 0. The number of carbonyl (C=O) groups excluding carboxylic acids is 3. The van der Waals surface area contributed by atoms with E-state index in [4.69, 9.17) is 14.2 Å². The Morgan fingerprint density at radius 2 is 0.672 bits per heavy atom. The predicted molar refractivity (Wildman–Crippen MR) is 247 cm³/mol. The van der Waals surface area contributed by atoms with Crippen molar-refractivity contribution in [2.24, 2.45) is 0 Å². The second kappa shape index (κ2) is 46.0. The molecule has 0 bridgehead atoms. The van der Waals surface area contributed by atoms with E-state index >= 15 is 0 Å². The Morgan fingerprint density at radius 3 is 1.05 bits per heavy atom. The molecule has 0 aromatic carbocycles. The summed E-state index contributed by atoms with van der Waals surface area (Å²) in [5, 5.41) is 0. The Labute approximate surface area is 356 Å². The highest BCUT2D eigenvalue weighted by atomic mass is 16.6. The third-order valence-electron chi connectivity index (χ3n) is 9.35. The van der Waals surface area contributed by atoms with Gasteiger partial charge in [0.2, 0.25) is 0 Å². The van der Waals surface area contributed by atoms with E-state index < -0.39 is 6.10 Å². The van der Waals surface area contributed by atoms with E-state index in [2.05, 4.69) is 118 Å². The molecule has 0 radical (unpaired) electrons. The molecule has 0 N–H and O–H groups in total. The first-order valence-corrected chi connectivity index (χ1v) is 23.2. The highest BCUT2D eigenvalue weighted by Gasteiger charge is 2.19. The van der Waals surface area contributed by atoms with Crippen LogP contribution in [-0.4, -0.2) is 37.2 Å². The van der Waals surface area contributed by atoms with Crippen molar-refractivity contribution < 1.29 is 28.6 Å². The second-order valence-electron chi connectivity index (χ2n) is 14.9. The van der Waals surface area contributed by atoms with E-state index in [1.165, 1.54) is 44.9 Å². The summed E-state index contributed by atoms with van der Waals surface area (Å²) >= 11 is 0. The van der Waals surface area contributed by atoms with Gasteiger partial charge >= 0.3 is 17.9 Å². The van der Waals surface area contributed by atoms with Crippen LogP contribution in [0.2, 0.25) is 0 Å². The fourth-order valence-electron chi connectivity index (χ4n) is 5.87. The van der Waals surface area contributed by atoms with Crippen LogP contribution in [0.3, 0.4) is 0 Å². The van der Waals surface area contributed by atoms with Gasteiger partial charge in [0.25, 0.3) is 0 Å². The van der Waals surface area contributed by atoms with Crippen LogP contribution in [0, 0.1) is 0 Å². The molecule has 0 aliphatic rings. The summed E-state index contributed by atoms with van der Waals surface area (Å²) in [6.07, 6.45) is 60.1. The highest BCUT2D eigenvalue weighted by Crippen LogP contribution is 2.12. The number of carbonyl (C=O) groups is 3. The third kappa shape index (κ3) is 43.5. The summed E-state index contributed by atoms with van der Waals surface area (Å²) in [5.74, 6) is -0.965. The average Bonchev–Trinajstić information content (AvgIpc) is 3.22. The molecule has 0 saturated heterocycles. The number of ether oxygens (including phenoxy) is 3. The van der Waals surface area contributed by atoms with Gasteiger partial charge in [0.05, 0.1) is 0 Å². The lowest BCUT2D eigenvalue weighted by Crippen LogP contribution is -2.30. The molecular formula is C52H84O6. The van der Waals surface area contributed by atoms with E-state index in [9.17, 15) is 14.4 Å². The smallest absolute Gasteiger partial charge is 0.306 e. The standard InChI is InChI=1S/C52H84O6/c1-4-7-10-13-16-17-18-19-20-21-22-23-24-25-26-27-28-29-30-31-32-33-34-35-37-39-42-45-51(54)57-48-49(47-56-50(53)44-41-38-15-12-9-6-3)58-52(55)46-43-40-36-14-11-8-5-2/h7,10,16-17,19-20,22-23,25-26,28-29,31-32,34-35,49H,4-6,8-9,11-15,18,21,24,27,30,33,36-48H2,1-3H3/b10-7-,17-16-,20-19-,23-22-,26-25-,29-28-,32-31-,35-34-. The van der Waals surface area contributed by atoms with Crippen LogP contribution < -0.4 is 0 Å². The molecule has 0 aromatic rings. The SMILES string of the molecule is CC/C=C\C/C=C\C/C=C\C/C=C\C/C=C\C/C=C\C/C=C\C/C=C\CCCCC(=O)OCC(COC(=O)CCCCCCCC)OC(=O)CCCCCCCCC. The second-order valence-corrected chi connectivity index (χ2v) is 14.9. The van der Waals surface area contributed by atoms with Crippen molar-refractivity contribution in [2.45, 2.75) is 200 Å². The molecule has 58 heavy (non-hydrogen) atoms. The van der Waals surface area contributed by atoms with Crippen molar-refractivity contribution in [3.05, 3.63) is 97.2 Å². The summed E-state index contributed by atoms with van der Waals surface area (Å²) in [4.78, 5) is 37.4. The van der Waals surface area contributed by atoms with Gasteiger partial charge in [0.15, 0.2) is 6.10 Å². The lowest BCUT2D eigenvalue weighted by molar-refractivity contribution is -0.167. The molecule has 0 spiro atoms. The molecule has 328 valence electrons. The molecule has 0 aromatic heterocycles. The van der Waals surface area contributed by atoms with Crippen LogP contribution in [0.1, 0.15) is 194 Å². The molecular weight excluding hydrogens is 721 g/mol. The Bertz CT molecular complexity index is 1200. The van der Waals surface area contributed by atoms with Gasteiger partial charge in [0.1, 0.15) is 13.2 Å². The van der Waals surface area contributed by atoms with Crippen molar-refractivity contribution >= 4 is 17.9 Å². The van der Waals surface area contributed by atoms with E-state index in [0.29, 0.717) is 19.3 Å². The number of allylic oxidation sites excluding steroid dienone is 16. The number of rotatable bonds is 40. The minimum Gasteiger partial charge on any atom is -0.462 e. The maximum atomic E-state index is 12.6. The Kier molecular flexibility index (Phi) is 43.1. The zero-order chi connectivity index (χ0) is 42.3. The number of hydrogen-bond acceptors (Lipinski definition) is 6. The van der Waals surface area contributed by atoms with Gasteiger partial charge in [-0.1, -0.05) is 189 Å². The fourth-order valence-corrected chi connectivity index (χ4v) is 5.87. The normalized spacial score (nSPS) is 12.9. The monoisotopic (exact) mass is 805 g/mol. The lowest BCUT2D eigenvalue weighted by atomic mass is 10.1. The van der Waals surface area contributed by atoms with Gasteiger partial charge in [-0.05, 0) is 83.5 Å². The molecule has 6 nitrogen and oxygen atoms in total. The van der Waals surface area contributed by atoms with E-state index in [0.717, 1.165) is 109 Å². The number of esters is 3. The van der Waals surface area contributed by atoms with E-state index in [1.54, 1.807) is 0 Å². The maximum absolute atomic E-state index is 12.6. The van der Waals surface area contributed by atoms with Gasteiger partial charge in [-0.2, -0.15) is 0 Å². The van der Waals surface area contributed by atoms with Crippen molar-refractivity contribution in [3.8, 4) is 0 Å².